The molecular weight excluding hydrogens is 220 g/mol. The molecule has 0 aromatic rings. The summed E-state index contributed by atoms with van der Waals surface area (Å²) in [6, 6.07) is 0. The number of hydrogen-bond acceptors (Lipinski definition) is 2. The molecule has 2 nitrogen and oxygen atoms in total. The number of halogens is 1. The molecule has 16 heavy (non-hydrogen) atoms. The van der Waals surface area contributed by atoms with Crippen LogP contribution in [0.3, 0.4) is 0 Å². The second kappa shape index (κ2) is 6.23. The first kappa shape index (κ1) is 16.2. The van der Waals surface area contributed by atoms with E-state index in [2.05, 4.69) is 32.6 Å². The van der Waals surface area contributed by atoms with Crippen LogP contribution >= 0.6 is 12.4 Å². The Morgan fingerprint density at radius 2 is 1.56 bits per heavy atom. The quantitative estimate of drug-likeness (QED) is 0.829. The van der Waals surface area contributed by atoms with Crippen LogP contribution in [-0.2, 0) is 0 Å². The molecular formula is C13H29ClN2. The van der Waals surface area contributed by atoms with Crippen LogP contribution in [0.2, 0.25) is 0 Å². The topological polar surface area (TPSA) is 29.3 Å². The van der Waals surface area contributed by atoms with Crippen molar-refractivity contribution in [3.63, 3.8) is 0 Å². The van der Waals surface area contributed by atoms with Gasteiger partial charge in [-0.3, -0.25) is 0 Å². The Labute approximate surface area is 107 Å². The van der Waals surface area contributed by atoms with E-state index in [4.69, 9.17) is 5.73 Å². The van der Waals surface area contributed by atoms with Gasteiger partial charge < -0.3 is 10.6 Å². The molecule has 1 aliphatic heterocycles. The molecule has 0 aromatic carbocycles. The predicted octanol–water partition coefficient (Wildman–Crippen LogP) is 3.05. The Kier molecular flexibility index (Phi) is 6.31. The van der Waals surface area contributed by atoms with Gasteiger partial charge in [0.05, 0.1) is 0 Å². The average molecular weight is 249 g/mol. The van der Waals surface area contributed by atoms with Gasteiger partial charge in [0.1, 0.15) is 0 Å². The summed E-state index contributed by atoms with van der Waals surface area (Å²) in [6.45, 7) is 12.4. The zero-order chi connectivity index (χ0) is 11.5. The molecule has 3 heteroatoms. The highest BCUT2D eigenvalue weighted by atomic mass is 35.5. The van der Waals surface area contributed by atoms with E-state index in [0.29, 0.717) is 5.41 Å². The summed E-state index contributed by atoms with van der Waals surface area (Å²) < 4.78 is 0. The highest BCUT2D eigenvalue weighted by molar-refractivity contribution is 5.85. The second-order valence-corrected chi connectivity index (χ2v) is 5.97. The molecule has 1 saturated heterocycles. The molecule has 0 radical (unpaired) electrons. The van der Waals surface area contributed by atoms with Crippen molar-refractivity contribution in [3.8, 4) is 0 Å². The third-order valence-corrected chi connectivity index (χ3v) is 4.05. The van der Waals surface area contributed by atoms with E-state index < -0.39 is 0 Å². The summed E-state index contributed by atoms with van der Waals surface area (Å²) in [6.07, 6.45) is 5.39. The van der Waals surface area contributed by atoms with Gasteiger partial charge >= 0.3 is 0 Å². The maximum absolute atomic E-state index is 6.06. The minimum Gasteiger partial charge on any atom is -0.324 e. The van der Waals surface area contributed by atoms with Gasteiger partial charge in [0, 0.05) is 12.1 Å². The Hall–Kier alpha value is 0.210. The zero-order valence-corrected chi connectivity index (χ0v) is 12.2. The van der Waals surface area contributed by atoms with Crippen LogP contribution in [0.5, 0.6) is 0 Å². The Balaban J connectivity index is 0.00000225. The van der Waals surface area contributed by atoms with Gasteiger partial charge in [-0.1, -0.05) is 26.7 Å². The minimum absolute atomic E-state index is 0. The van der Waals surface area contributed by atoms with Crippen LogP contribution in [0.1, 0.15) is 53.4 Å². The van der Waals surface area contributed by atoms with E-state index in [1.807, 2.05) is 0 Å². The van der Waals surface area contributed by atoms with Crippen molar-refractivity contribution in [1.82, 2.24) is 4.90 Å². The van der Waals surface area contributed by atoms with E-state index in [1.54, 1.807) is 0 Å². The average Bonchev–Trinajstić information content (AvgIpc) is 2.17. The molecule has 1 rings (SSSR count). The highest BCUT2D eigenvalue weighted by Gasteiger charge is 2.32. The summed E-state index contributed by atoms with van der Waals surface area (Å²) in [5.74, 6) is 0. The first-order valence-corrected chi connectivity index (χ1v) is 6.42. The SMILES string of the molecule is CCC1(CC)CCN(CC(C)(C)N)CC1.Cl. The fourth-order valence-corrected chi connectivity index (χ4v) is 2.72. The second-order valence-electron chi connectivity index (χ2n) is 5.97. The summed E-state index contributed by atoms with van der Waals surface area (Å²) in [5, 5.41) is 0. The lowest BCUT2D eigenvalue weighted by molar-refractivity contribution is 0.0835. The number of nitrogens with zero attached hydrogens (tertiary/aromatic N) is 1. The summed E-state index contributed by atoms with van der Waals surface area (Å²) >= 11 is 0. The maximum atomic E-state index is 6.06. The van der Waals surface area contributed by atoms with E-state index in [-0.39, 0.29) is 17.9 Å². The van der Waals surface area contributed by atoms with Gasteiger partial charge in [-0.2, -0.15) is 0 Å². The number of rotatable bonds is 4. The normalized spacial score (nSPS) is 21.6. The Morgan fingerprint density at radius 3 is 1.88 bits per heavy atom. The van der Waals surface area contributed by atoms with Gasteiger partial charge in [0.2, 0.25) is 0 Å². The van der Waals surface area contributed by atoms with Crippen LogP contribution < -0.4 is 5.73 Å². The van der Waals surface area contributed by atoms with Gasteiger partial charge in [-0.15, -0.1) is 12.4 Å². The summed E-state index contributed by atoms with van der Waals surface area (Å²) in [7, 11) is 0. The van der Waals surface area contributed by atoms with Crippen molar-refractivity contribution in [3.05, 3.63) is 0 Å². The van der Waals surface area contributed by atoms with Crippen LogP contribution in [0, 0.1) is 5.41 Å². The Bertz CT molecular complexity index is 185. The van der Waals surface area contributed by atoms with Gasteiger partial charge in [-0.25, -0.2) is 0 Å². The monoisotopic (exact) mass is 248 g/mol. The standard InChI is InChI=1S/C13H28N2.ClH/c1-5-13(6-2)7-9-15(10-8-13)11-12(3,4)14;/h5-11,14H2,1-4H3;1H. The number of nitrogens with two attached hydrogens (primary N) is 1. The van der Waals surface area contributed by atoms with E-state index in [0.717, 1.165) is 6.54 Å². The molecule has 0 bridgehead atoms. The first-order valence-electron chi connectivity index (χ1n) is 6.42. The molecule has 1 aliphatic rings. The van der Waals surface area contributed by atoms with Crippen molar-refractivity contribution >= 4 is 12.4 Å². The lowest BCUT2D eigenvalue weighted by atomic mass is 9.74. The number of likely N-dealkylation sites (tertiary alicyclic amines) is 1. The van der Waals surface area contributed by atoms with Crippen LogP contribution in [0.15, 0.2) is 0 Å². The van der Waals surface area contributed by atoms with Crippen LogP contribution in [0.25, 0.3) is 0 Å². The number of hydrogen-bond donors (Lipinski definition) is 1. The zero-order valence-electron chi connectivity index (χ0n) is 11.4. The summed E-state index contributed by atoms with van der Waals surface area (Å²) in [4.78, 5) is 2.53. The Morgan fingerprint density at radius 1 is 1.12 bits per heavy atom. The lowest BCUT2D eigenvalue weighted by Gasteiger charge is -2.42. The fourth-order valence-electron chi connectivity index (χ4n) is 2.72. The van der Waals surface area contributed by atoms with Gasteiger partial charge in [0.25, 0.3) is 0 Å². The smallest absolute Gasteiger partial charge is 0.0226 e. The fraction of sp³-hybridized carbons (Fsp3) is 1.00. The third-order valence-electron chi connectivity index (χ3n) is 4.05. The van der Waals surface area contributed by atoms with Crippen LogP contribution in [0.4, 0.5) is 0 Å². The molecule has 0 aliphatic carbocycles. The van der Waals surface area contributed by atoms with Gasteiger partial charge in [0.15, 0.2) is 0 Å². The van der Waals surface area contributed by atoms with Crippen molar-refractivity contribution < 1.29 is 0 Å². The van der Waals surface area contributed by atoms with E-state index >= 15 is 0 Å². The largest absolute Gasteiger partial charge is 0.324 e. The molecule has 1 fully saturated rings. The molecule has 0 spiro atoms. The van der Waals surface area contributed by atoms with Crippen LogP contribution in [-0.4, -0.2) is 30.1 Å². The third kappa shape index (κ3) is 4.60. The molecule has 98 valence electrons. The maximum Gasteiger partial charge on any atom is 0.0226 e. The molecule has 1 heterocycles. The molecule has 0 amide bonds. The van der Waals surface area contributed by atoms with Crippen molar-refractivity contribution in [2.24, 2.45) is 11.1 Å². The van der Waals surface area contributed by atoms with Gasteiger partial charge in [-0.05, 0) is 45.2 Å². The van der Waals surface area contributed by atoms with E-state index in [9.17, 15) is 0 Å². The number of piperidine rings is 1. The molecule has 0 saturated carbocycles. The molecule has 0 aromatic heterocycles. The van der Waals surface area contributed by atoms with Crippen molar-refractivity contribution in [1.29, 1.82) is 0 Å². The predicted molar refractivity (Wildman–Crippen MR) is 74.2 cm³/mol. The molecule has 2 N–H and O–H groups in total. The molecule has 0 unspecified atom stereocenters. The highest BCUT2D eigenvalue weighted by Crippen LogP contribution is 2.37. The molecule has 0 atom stereocenters. The summed E-state index contributed by atoms with van der Waals surface area (Å²) in [5.41, 5.74) is 6.65. The van der Waals surface area contributed by atoms with E-state index in [1.165, 1.54) is 38.8 Å². The lowest BCUT2D eigenvalue weighted by Crippen LogP contribution is -2.49. The van der Waals surface area contributed by atoms with Crippen molar-refractivity contribution in [2.75, 3.05) is 19.6 Å². The first-order chi connectivity index (χ1) is 6.91. The van der Waals surface area contributed by atoms with Crippen molar-refractivity contribution in [2.45, 2.75) is 58.9 Å². The minimum atomic E-state index is -0.0432.